The van der Waals surface area contributed by atoms with Gasteiger partial charge in [0.25, 0.3) is 0 Å². The number of rotatable bonds is 14. The van der Waals surface area contributed by atoms with E-state index in [-0.39, 0.29) is 12.1 Å². The van der Waals surface area contributed by atoms with Crippen LogP contribution in [0.2, 0.25) is 0 Å². The van der Waals surface area contributed by atoms with Gasteiger partial charge in [0.15, 0.2) is 0 Å². The Bertz CT molecular complexity index is 203. The highest BCUT2D eigenvalue weighted by Gasteiger charge is 2.20. The van der Waals surface area contributed by atoms with Gasteiger partial charge in [-0.05, 0) is 58.8 Å². The molecule has 1 unspecified atom stereocenters. The van der Waals surface area contributed by atoms with E-state index in [1.54, 1.807) is 0 Å². The Balaban J connectivity index is 3.90. The minimum absolute atomic E-state index is 0.0909. The zero-order valence-corrected chi connectivity index (χ0v) is 14.4. The maximum Gasteiger partial charge on any atom is 0.0610 e. The van der Waals surface area contributed by atoms with Crippen LogP contribution in [-0.2, 0) is 0 Å². The number of nitrogens with one attached hydrogen (secondary N) is 1. The second-order valence-corrected chi connectivity index (χ2v) is 6.25. The molecule has 0 aliphatic rings. The molecule has 0 bridgehead atoms. The molecule has 0 radical (unpaired) electrons. The fourth-order valence-corrected chi connectivity index (χ4v) is 2.60. The molecule has 0 heterocycles. The van der Waals surface area contributed by atoms with E-state index in [1.807, 2.05) is 0 Å². The maximum atomic E-state index is 9.48. The summed E-state index contributed by atoms with van der Waals surface area (Å²) in [6, 6.07) is 0. The number of likely N-dealkylation sites (N-methyl/N-ethyl adjacent to an activating group) is 1. The largest absolute Gasteiger partial charge is 0.394 e. The van der Waals surface area contributed by atoms with Crippen LogP contribution in [-0.4, -0.2) is 48.3 Å². The van der Waals surface area contributed by atoms with Gasteiger partial charge in [-0.15, -0.1) is 0 Å². The number of unbranched alkanes of at least 4 members (excludes halogenated alkanes) is 3. The third kappa shape index (κ3) is 9.73. The van der Waals surface area contributed by atoms with E-state index in [2.05, 4.69) is 37.9 Å². The van der Waals surface area contributed by atoms with Gasteiger partial charge in [0.1, 0.15) is 0 Å². The van der Waals surface area contributed by atoms with Crippen molar-refractivity contribution in [3.63, 3.8) is 0 Å². The van der Waals surface area contributed by atoms with Gasteiger partial charge in [-0.25, -0.2) is 0 Å². The van der Waals surface area contributed by atoms with E-state index in [4.69, 9.17) is 0 Å². The van der Waals surface area contributed by atoms with E-state index in [0.29, 0.717) is 0 Å². The van der Waals surface area contributed by atoms with E-state index in [1.165, 1.54) is 58.2 Å². The molecule has 0 saturated carbocycles. The van der Waals surface area contributed by atoms with Gasteiger partial charge in [-0.2, -0.15) is 0 Å². The highest BCUT2D eigenvalue weighted by molar-refractivity contribution is 4.81. The summed E-state index contributed by atoms with van der Waals surface area (Å²) in [5, 5.41) is 12.9. The Kier molecular flexibility index (Phi) is 12.5. The van der Waals surface area contributed by atoms with Crippen LogP contribution < -0.4 is 5.32 Å². The van der Waals surface area contributed by atoms with Crippen molar-refractivity contribution in [2.45, 2.75) is 78.2 Å². The molecule has 1 atom stereocenters. The molecule has 0 aromatic heterocycles. The SMILES string of the molecule is CCCCN(CCCC)CCCCC(C)(CO)NCC. The van der Waals surface area contributed by atoms with Crippen LogP contribution in [0, 0.1) is 0 Å². The summed E-state index contributed by atoms with van der Waals surface area (Å²) in [6.07, 6.45) is 8.70. The van der Waals surface area contributed by atoms with Crippen molar-refractivity contribution in [2.24, 2.45) is 0 Å². The number of hydrogen-bond acceptors (Lipinski definition) is 3. The predicted molar refractivity (Wildman–Crippen MR) is 89.3 cm³/mol. The van der Waals surface area contributed by atoms with Crippen LogP contribution in [0.5, 0.6) is 0 Å². The summed E-state index contributed by atoms with van der Waals surface area (Å²) in [5.41, 5.74) is -0.0909. The summed E-state index contributed by atoms with van der Waals surface area (Å²) < 4.78 is 0. The molecule has 20 heavy (non-hydrogen) atoms. The van der Waals surface area contributed by atoms with Crippen molar-refractivity contribution in [2.75, 3.05) is 32.8 Å². The molecule has 0 spiro atoms. The fraction of sp³-hybridized carbons (Fsp3) is 1.00. The lowest BCUT2D eigenvalue weighted by Gasteiger charge is -2.29. The summed E-state index contributed by atoms with van der Waals surface area (Å²) in [7, 11) is 0. The van der Waals surface area contributed by atoms with Crippen LogP contribution in [0.15, 0.2) is 0 Å². The summed E-state index contributed by atoms with van der Waals surface area (Å²) in [6.45, 7) is 13.6. The molecule has 0 saturated heterocycles. The fourth-order valence-electron chi connectivity index (χ4n) is 2.60. The zero-order chi connectivity index (χ0) is 15.3. The highest BCUT2D eigenvalue weighted by atomic mass is 16.3. The average Bonchev–Trinajstić information content (AvgIpc) is 2.45. The minimum Gasteiger partial charge on any atom is -0.394 e. The molecule has 0 amide bonds. The molecule has 0 aliphatic carbocycles. The van der Waals surface area contributed by atoms with Crippen molar-refractivity contribution < 1.29 is 5.11 Å². The molecule has 3 heteroatoms. The standard InChI is InChI=1S/C17H38N2O/c1-5-8-13-19(14-9-6-2)15-11-10-12-17(4,16-20)18-7-3/h18,20H,5-16H2,1-4H3. The van der Waals surface area contributed by atoms with Gasteiger partial charge in [-0.3, -0.25) is 0 Å². The zero-order valence-electron chi connectivity index (χ0n) is 14.4. The first-order valence-corrected chi connectivity index (χ1v) is 8.70. The molecule has 122 valence electrons. The van der Waals surface area contributed by atoms with Gasteiger partial charge < -0.3 is 15.3 Å². The van der Waals surface area contributed by atoms with Crippen molar-refractivity contribution in [1.82, 2.24) is 10.2 Å². The van der Waals surface area contributed by atoms with Crippen LogP contribution in [0.25, 0.3) is 0 Å². The van der Waals surface area contributed by atoms with Crippen LogP contribution in [0.3, 0.4) is 0 Å². The monoisotopic (exact) mass is 286 g/mol. The molecular formula is C17H38N2O. The Morgan fingerprint density at radius 2 is 1.45 bits per heavy atom. The maximum absolute atomic E-state index is 9.48. The second-order valence-electron chi connectivity index (χ2n) is 6.25. The van der Waals surface area contributed by atoms with Crippen molar-refractivity contribution in [3.05, 3.63) is 0 Å². The summed E-state index contributed by atoms with van der Waals surface area (Å²) >= 11 is 0. The molecule has 0 aromatic rings. The number of aliphatic hydroxyl groups excluding tert-OH is 1. The first kappa shape index (κ1) is 19.9. The van der Waals surface area contributed by atoms with Crippen molar-refractivity contribution >= 4 is 0 Å². The quantitative estimate of drug-likeness (QED) is 0.480. The van der Waals surface area contributed by atoms with E-state index in [9.17, 15) is 5.11 Å². The molecule has 2 N–H and O–H groups in total. The lowest BCUT2D eigenvalue weighted by Crippen LogP contribution is -2.45. The number of hydrogen-bond donors (Lipinski definition) is 2. The van der Waals surface area contributed by atoms with Crippen molar-refractivity contribution in [1.29, 1.82) is 0 Å². The van der Waals surface area contributed by atoms with Gasteiger partial charge >= 0.3 is 0 Å². The molecule has 3 nitrogen and oxygen atoms in total. The molecule has 0 fully saturated rings. The smallest absolute Gasteiger partial charge is 0.0610 e. The van der Waals surface area contributed by atoms with E-state index in [0.717, 1.165) is 13.0 Å². The Hall–Kier alpha value is -0.120. The minimum atomic E-state index is -0.0909. The molecule has 0 rings (SSSR count). The lowest BCUT2D eigenvalue weighted by molar-refractivity contribution is 0.162. The third-order valence-electron chi connectivity index (χ3n) is 4.06. The second kappa shape index (κ2) is 12.6. The third-order valence-corrected chi connectivity index (χ3v) is 4.06. The van der Waals surface area contributed by atoms with Crippen molar-refractivity contribution in [3.8, 4) is 0 Å². The lowest BCUT2D eigenvalue weighted by atomic mass is 9.95. The first-order valence-electron chi connectivity index (χ1n) is 8.70. The number of aliphatic hydroxyl groups is 1. The summed E-state index contributed by atoms with van der Waals surface area (Å²) in [4.78, 5) is 2.62. The van der Waals surface area contributed by atoms with Gasteiger partial charge in [0, 0.05) is 5.54 Å². The Morgan fingerprint density at radius 1 is 0.900 bits per heavy atom. The molecular weight excluding hydrogens is 248 g/mol. The first-order chi connectivity index (χ1) is 9.61. The average molecular weight is 287 g/mol. The highest BCUT2D eigenvalue weighted by Crippen LogP contribution is 2.13. The van der Waals surface area contributed by atoms with E-state index < -0.39 is 0 Å². The normalized spacial score (nSPS) is 14.7. The Morgan fingerprint density at radius 3 is 1.90 bits per heavy atom. The molecule has 0 aliphatic heterocycles. The Labute approximate surface area is 127 Å². The van der Waals surface area contributed by atoms with Gasteiger partial charge in [0.05, 0.1) is 6.61 Å². The number of nitrogens with zero attached hydrogens (tertiary/aromatic N) is 1. The molecule has 0 aromatic carbocycles. The van der Waals surface area contributed by atoms with Crippen LogP contribution in [0.4, 0.5) is 0 Å². The predicted octanol–water partition coefficient (Wildman–Crippen LogP) is 3.42. The summed E-state index contributed by atoms with van der Waals surface area (Å²) in [5.74, 6) is 0. The van der Waals surface area contributed by atoms with Gasteiger partial charge in [0.2, 0.25) is 0 Å². The topological polar surface area (TPSA) is 35.5 Å². The van der Waals surface area contributed by atoms with E-state index >= 15 is 0 Å². The van der Waals surface area contributed by atoms with Gasteiger partial charge in [-0.1, -0.05) is 40.0 Å². The van der Waals surface area contributed by atoms with Crippen LogP contribution >= 0.6 is 0 Å². The van der Waals surface area contributed by atoms with Crippen LogP contribution in [0.1, 0.15) is 72.6 Å².